The number of para-hydroxylation sites is 1. The van der Waals surface area contributed by atoms with Gasteiger partial charge in [-0.15, -0.1) is 5.10 Å². The van der Waals surface area contributed by atoms with Gasteiger partial charge in [0.1, 0.15) is 0 Å². The normalized spacial score (nSPS) is 11.3. The minimum absolute atomic E-state index is 0.249. The molecule has 3 aromatic rings. The molecule has 5 nitrogen and oxygen atoms in total. The lowest BCUT2D eigenvalue weighted by Gasteiger charge is -1.97. The van der Waals surface area contributed by atoms with Crippen molar-refractivity contribution in [2.45, 2.75) is 13.3 Å². The van der Waals surface area contributed by atoms with E-state index < -0.39 is 0 Å². The van der Waals surface area contributed by atoms with Gasteiger partial charge in [-0.05, 0) is 12.1 Å². The van der Waals surface area contributed by atoms with Crippen molar-refractivity contribution in [1.29, 1.82) is 0 Å². The monoisotopic (exact) mass is 214 g/mol. The second kappa shape index (κ2) is 3.16. The van der Waals surface area contributed by atoms with E-state index in [9.17, 15) is 4.79 Å². The molecule has 0 radical (unpaired) electrons. The number of hydrogen-bond donors (Lipinski definition) is 1. The summed E-state index contributed by atoms with van der Waals surface area (Å²) in [5, 5.41) is 5.05. The fourth-order valence-electron chi connectivity index (χ4n) is 1.78. The number of rotatable bonds is 1. The van der Waals surface area contributed by atoms with Crippen LogP contribution in [-0.4, -0.2) is 19.6 Å². The topological polar surface area (TPSA) is 63.0 Å². The lowest BCUT2D eigenvalue weighted by molar-refractivity contribution is 0.839. The number of nitrogens with one attached hydrogen (secondary N) is 1. The van der Waals surface area contributed by atoms with Crippen LogP contribution in [-0.2, 0) is 6.42 Å². The first-order chi connectivity index (χ1) is 7.79. The quantitative estimate of drug-likeness (QED) is 0.660. The number of aromatic nitrogens is 4. The van der Waals surface area contributed by atoms with E-state index in [0.29, 0.717) is 11.5 Å². The van der Waals surface area contributed by atoms with E-state index in [-0.39, 0.29) is 5.69 Å². The first kappa shape index (κ1) is 9.08. The van der Waals surface area contributed by atoms with Gasteiger partial charge in [-0.3, -0.25) is 0 Å². The number of aromatic amines is 1. The Morgan fingerprint density at radius 2 is 2.19 bits per heavy atom. The molecule has 0 spiro atoms. The van der Waals surface area contributed by atoms with Crippen LogP contribution in [0.25, 0.3) is 16.6 Å². The van der Waals surface area contributed by atoms with E-state index in [1.807, 2.05) is 31.2 Å². The standard InChI is InChI=1S/C11H10N4O/c1-2-9-13-10-7-5-3-4-6-8(7)12-11(16)15(10)14-9/h3-6H,2H2,1H3,(H,12,16). The predicted octanol–water partition coefficient (Wildman–Crippen LogP) is 1.13. The summed E-state index contributed by atoms with van der Waals surface area (Å²) in [6, 6.07) is 7.58. The molecular weight excluding hydrogens is 204 g/mol. The molecule has 0 aliphatic heterocycles. The highest BCUT2D eigenvalue weighted by Crippen LogP contribution is 2.13. The third-order valence-corrected chi connectivity index (χ3v) is 2.57. The Morgan fingerprint density at radius 3 is 3.00 bits per heavy atom. The minimum Gasteiger partial charge on any atom is -0.305 e. The molecule has 16 heavy (non-hydrogen) atoms. The SMILES string of the molecule is CCc1nc2c3ccccc3[nH]c(=O)n2n1. The fraction of sp³-hybridized carbons (Fsp3) is 0.182. The molecule has 1 N–H and O–H groups in total. The number of aryl methyl sites for hydroxylation is 1. The van der Waals surface area contributed by atoms with Crippen molar-refractivity contribution in [2.75, 3.05) is 0 Å². The molecule has 80 valence electrons. The first-order valence-electron chi connectivity index (χ1n) is 5.16. The van der Waals surface area contributed by atoms with Crippen molar-refractivity contribution in [3.63, 3.8) is 0 Å². The maximum absolute atomic E-state index is 11.7. The zero-order valence-corrected chi connectivity index (χ0v) is 8.77. The molecule has 0 aliphatic rings. The van der Waals surface area contributed by atoms with Crippen LogP contribution in [0.2, 0.25) is 0 Å². The molecule has 0 bridgehead atoms. The van der Waals surface area contributed by atoms with E-state index in [1.165, 1.54) is 4.52 Å². The smallest absolute Gasteiger partial charge is 0.305 e. The average molecular weight is 214 g/mol. The Hall–Kier alpha value is -2.17. The highest BCUT2D eigenvalue weighted by Gasteiger charge is 2.08. The largest absolute Gasteiger partial charge is 0.348 e. The number of hydrogen-bond acceptors (Lipinski definition) is 3. The Balaban J connectivity index is 2.57. The molecule has 0 amide bonds. The third kappa shape index (κ3) is 1.14. The van der Waals surface area contributed by atoms with Crippen molar-refractivity contribution >= 4 is 16.6 Å². The molecule has 0 saturated heterocycles. The van der Waals surface area contributed by atoms with E-state index in [2.05, 4.69) is 15.1 Å². The van der Waals surface area contributed by atoms with Crippen molar-refractivity contribution in [2.24, 2.45) is 0 Å². The highest BCUT2D eigenvalue weighted by atomic mass is 16.1. The van der Waals surface area contributed by atoms with Crippen LogP contribution in [0.5, 0.6) is 0 Å². The van der Waals surface area contributed by atoms with Gasteiger partial charge < -0.3 is 4.98 Å². The van der Waals surface area contributed by atoms with Crippen LogP contribution in [0.15, 0.2) is 29.1 Å². The van der Waals surface area contributed by atoms with Crippen molar-refractivity contribution in [3.05, 3.63) is 40.6 Å². The van der Waals surface area contributed by atoms with Crippen molar-refractivity contribution in [1.82, 2.24) is 19.6 Å². The van der Waals surface area contributed by atoms with E-state index in [0.717, 1.165) is 17.3 Å². The fourth-order valence-corrected chi connectivity index (χ4v) is 1.78. The molecule has 3 rings (SSSR count). The minimum atomic E-state index is -0.249. The molecule has 0 unspecified atom stereocenters. The van der Waals surface area contributed by atoms with Gasteiger partial charge in [0.05, 0.1) is 5.52 Å². The van der Waals surface area contributed by atoms with Crippen LogP contribution in [0.4, 0.5) is 0 Å². The first-order valence-corrected chi connectivity index (χ1v) is 5.16. The van der Waals surface area contributed by atoms with Gasteiger partial charge >= 0.3 is 5.69 Å². The number of H-pyrrole nitrogens is 1. The summed E-state index contributed by atoms with van der Waals surface area (Å²) in [5.41, 5.74) is 1.16. The number of nitrogens with zero attached hydrogens (tertiary/aromatic N) is 3. The third-order valence-electron chi connectivity index (χ3n) is 2.57. The van der Waals surface area contributed by atoms with Crippen molar-refractivity contribution < 1.29 is 0 Å². The van der Waals surface area contributed by atoms with Crippen LogP contribution in [0, 0.1) is 0 Å². The van der Waals surface area contributed by atoms with E-state index in [1.54, 1.807) is 0 Å². The molecular formula is C11H10N4O. The van der Waals surface area contributed by atoms with Gasteiger partial charge in [-0.1, -0.05) is 19.1 Å². The second-order valence-corrected chi connectivity index (χ2v) is 3.59. The van der Waals surface area contributed by atoms with Gasteiger partial charge in [-0.25, -0.2) is 9.78 Å². The van der Waals surface area contributed by atoms with Gasteiger partial charge in [0.25, 0.3) is 0 Å². The maximum atomic E-state index is 11.7. The van der Waals surface area contributed by atoms with Crippen LogP contribution in [0.3, 0.4) is 0 Å². The maximum Gasteiger partial charge on any atom is 0.348 e. The molecule has 1 aromatic carbocycles. The molecule has 0 atom stereocenters. The molecule has 0 aliphatic carbocycles. The summed E-state index contributed by atoms with van der Waals surface area (Å²) in [6.07, 6.45) is 0.718. The number of fused-ring (bicyclic) bond motifs is 3. The summed E-state index contributed by atoms with van der Waals surface area (Å²) >= 11 is 0. The Kier molecular flexibility index (Phi) is 1.80. The van der Waals surface area contributed by atoms with Gasteiger partial charge in [0.2, 0.25) is 0 Å². The van der Waals surface area contributed by atoms with Crippen molar-refractivity contribution in [3.8, 4) is 0 Å². The lowest BCUT2D eigenvalue weighted by atomic mass is 10.2. The summed E-state index contributed by atoms with van der Waals surface area (Å²) < 4.78 is 1.32. The Morgan fingerprint density at radius 1 is 1.38 bits per heavy atom. The molecule has 0 fully saturated rings. The van der Waals surface area contributed by atoms with E-state index in [4.69, 9.17) is 0 Å². The molecule has 2 heterocycles. The summed E-state index contributed by atoms with van der Waals surface area (Å²) in [7, 11) is 0. The zero-order chi connectivity index (χ0) is 11.1. The predicted molar refractivity (Wildman–Crippen MR) is 60.5 cm³/mol. The van der Waals surface area contributed by atoms with Gasteiger partial charge in [-0.2, -0.15) is 4.52 Å². The van der Waals surface area contributed by atoms with Crippen LogP contribution < -0.4 is 5.69 Å². The highest BCUT2D eigenvalue weighted by molar-refractivity contribution is 5.90. The van der Waals surface area contributed by atoms with Crippen LogP contribution >= 0.6 is 0 Å². The Labute approximate surface area is 90.8 Å². The van der Waals surface area contributed by atoms with E-state index >= 15 is 0 Å². The number of benzene rings is 1. The molecule has 0 saturated carbocycles. The lowest BCUT2D eigenvalue weighted by Crippen LogP contribution is -2.17. The molecule has 2 aromatic heterocycles. The van der Waals surface area contributed by atoms with Gasteiger partial charge in [0, 0.05) is 11.8 Å². The summed E-state index contributed by atoms with van der Waals surface area (Å²) in [6.45, 7) is 1.96. The summed E-state index contributed by atoms with van der Waals surface area (Å²) in [4.78, 5) is 18.9. The van der Waals surface area contributed by atoms with Gasteiger partial charge in [0.15, 0.2) is 11.5 Å². The second-order valence-electron chi connectivity index (χ2n) is 3.59. The average Bonchev–Trinajstić information content (AvgIpc) is 2.74. The summed E-state index contributed by atoms with van der Waals surface area (Å²) in [5.74, 6) is 0.682. The Bertz CT molecular complexity index is 726. The zero-order valence-electron chi connectivity index (χ0n) is 8.77. The molecule has 5 heteroatoms. The van der Waals surface area contributed by atoms with Crippen LogP contribution in [0.1, 0.15) is 12.7 Å².